The van der Waals surface area contributed by atoms with Crippen LogP contribution in [-0.4, -0.2) is 29.5 Å². The zero-order chi connectivity index (χ0) is 10.2. The van der Waals surface area contributed by atoms with Crippen LogP contribution in [0.15, 0.2) is 18.3 Å². The zero-order valence-electron chi connectivity index (χ0n) is 9.64. The number of likely N-dealkylation sites (N-methyl/N-ethyl adjacent to an activating group) is 1. The van der Waals surface area contributed by atoms with Crippen molar-refractivity contribution in [2.45, 2.75) is 24.8 Å². The van der Waals surface area contributed by atoms with Crippen molar-refractivity contribution in [1.82, 2.24) is 9.88 Å². The summed E-state index contributed by atoms with van der Waals surface area (Å²) in [6.45, 7) is 0. The van der Waals surface area contributed by atoms with Gasteiger partial charge in [-0.1, -0.05) is 0 Å². The molecule has 0 saturated heterocycles. The smallest absolute Gasteiger partial charge is 0.0650 e. The SMILES string of the molecule is CN(C)C1(Cc2ncccc2N)CC1.Cl.Cl. The molecule has 0 bridgehead atoms. The Labute approximate surface area is 109 Å². The normalized spacial score (nSPS) is 16.2. The maximum absolute atomic E-state index is 5.87. The van der Waals surface area contributed by atoms with Gasteiger partial charge in [0, 0.05) is 18.2 Å². The number of nitrogens with two attached hydrogens (primary N) is 1. The number of hydrogen-bond acceptors (Lipinski definition) is 3. The molecule has 5 heteroatoms. The fourth-order valence-electron chi connectivity index (χ4n) is 1.84. The van der Waals surface area contributed by atoms with Gasteiger partial charge < -0.3 is 10.6 Å². The molecule has 1 fully saturated rings. The van der Waals surface area contributed by atoms with Crippen LogP contribution in [-0.2, 0) is 6.42 Å². The summed E-state index contributed by atoms with van der Waals surface area (Å²) in [5, 5.41) is 0. The Kier molecular flexibility index (Phi) is 5.53. The summed E-state index contributed by atoms with van der Waals surface area (Å²) in [6.07, 6.45) is 5.32. The molecule has 2 rings (SSSR count). The average Bonchev–Trinajstić information content (AvgIpc) is 2.90. The van der Waals surface area contributed by atoms with Gasteiger partial charge in [0.05, 0.1) is 11.4 Å². The molecule has 0 spiro atoms. The Balaban J connectivity index is 0.00000112. The minimum Gasteiger partial charge on any atom is -0.397 e. The summed E-state index contributed by atoms with van der Waals surface area (Å²) >= 11 is 0. The van der Waals surface area contributed by atoms with Crippen LogP contribution in [0.3, 0.4) is 0 Å². The molecule has 0 unspecified atom stereocenters. The molecule has 0 aliphatic heterocycles. The van der Waals surface area contributed by atoms with E-state index in [2.05, 4.69) is 24.0 Å². The minimum atomic E-state index is 0. The van der Waals surface area contributed by atoms with Gasteiger partial charge in [-0.15, -0.1) is 24.8 Å². The molecule has 1 saturated carbocycles. The lowest BCUT2D eigenvalue weighted by molar-refractivity contribution is 0.268. The number of aromatic nitrogens is 1. The third kappa shape index (κ3) is 3.00. The average molecular weight is 264 g/mol. The van der Waals surface area contributed by atoms with Crippen LogP contribution in [0.25, 0.3) is 0 Å². The number of nitrogens with zero attached hydrogens (tertiary/aromatic N) is 2. The summed E-state index contributed by atoms with van der Waals surface area (Å²) in [4.78, 5) is 6.63. The lowest BCUT2D eigenvalue weighted by atomic mass is 10.1. The number of anilines is 1. The summed E-state index contributed by atoms with van der Waals surface area (Å²) in [5.41, 5.74) is 8.07. The van der Waals surface area contributed by atoms with Gasteiger partial charge in [-0.25, -0.2) is 0 Å². The van der Waals surface area contributed by atoms with Gasteiger partial charge in [-0.2, -0.15) is 0 Å². The molecule has 0 aromatic carbocycles. The molecule has 92 valence electrons. The zero-order valence-corrected chi connectivity index (χ0v) is 11.3. The third-order valence-corrected chi connectivity index (χ3v) is 3.20. The third-order valence-electron chi connectivity index (χ3n) is 3.20. The van der Waals surface area contributed by atoms with Crippen molar-refractivity contribution in [2.75, 3.05) is 19.8 Å². The maximum atomic E-state index is 5.87. The lowest BCUT2D eigenvalue weighted by Crippen LogP contribution is -2.32. The Morgan fingerprint density at radius 1 is 1.38 bits per heavy atom. The highest BCUT2D eigenvalue weighted by molar-refractivity contribution is 5.85. The lowest BCUT2D eigenvalue weighted by Gasteiger charge is -2.23. The van der Waals surface area contributed by atoms with E-state index in [0.717, 1.165) is 17.8 Å². The first-order chi connectivity index (χ1) is 6.64. The Bertz CT molecular complexity index is 338. The molecule has 1 aromatic heterocycles. The van der Waals surface area contributed by atoms with E-state index in [1.807, 2.05) is 18.3 Å². The minimum absolute atomic E-state index is 0. The second kappa shape index (κ2) is 5.71. The van der Waals surface area contributed by atoms with Gasteiger partial charge >= 0.3 is 0 Å². The first kappa shape index (κ1) is 15.5. The topological polar surface area (TPSA) is 42.2 Å². The van der Waals surface area contributed by atoms with Crippen LogP contribution in [0.2, 0.25) is 0 Å². The molecule has 1 heterocycles. The van der Waals surface area contributed by atoms with Gasteiger partial charge in [-0.05, 0) is 39.1 Å². The number of pyridine rings is 1. The monoisotopic (exact) mass is 263 g/mol. The molecular formula is C11H19Cl2N3. The highest BCUT2D eigenvalue weighted by atomic mass is 35.5. The second-order valence-electron chi connectivity index (χ2n) is 4.33. The van der Waals surface area contributed by atoms with Crippen molar-refractivity contribution in [2.24, 2.45) is 0 Å². The quantitative estimate of drug-likeness (QED) is 0.909. The summed E-state index contributed by atoms with van der Waals surface area (Å²) in [5.74, 6) is 0. The van der Waals surface area contributed by atoms with Gasteiger partial charge in [0.2, 0.25) is 0 Å². The van der Waals surface area contributed by atoms with Crippen molar-refractivity contribution in [1.29, 1.82) is 0 Å². The number of rotatable bonds is 3. The first-order valence-corrected chi connectivity index (χ1v) is 5.01. The van der Waals surface area contributed by atoms with E-state index in [9.17, 15) is 0 Å². The first-order valence-electron chi connectivity index (χ1n) is 5.01. The molecule has 1 aliphatic rings. The van der Waals surface area contributed by atoms with Crippen molar-refractivity contribution in [3.05, 3.63) is 24.0 Å². The van der Waals surface area contributed by atoms with Gasteiger partial charge in [0.15, 0.2) is 0 Å². The van der Waals surface area contributed by atoms with Crippen LogP contribution < -0.4 is 5.73 Å². The largest absolute Gasteiger partial charge is 0.397 e. The fourth-order valence-corrected chi connectivity index (χ4v) is 1.84. The Hall–Kier alpha value is -0.510. The maximum Gasteiger partial charge on any atom is 0.0650 e. The fraction of sp³-hybridized carbons (Fsp3) is 0.545. The number of nitrogen functional groups attached to an aromatic ring is 1. The highest BCUT2D eigenvalue weighted by Gasteiger charge is 2.45. The summed E-state index contributed by atoms with van der Waals surface area (Å²) in [7, 11) is 4.26. The summed E-state index contributed by atoms with van der Waals surface area (Å²) in [6, 6.07) is 3.81. The van der Waals surface area contributed by atoms with Crippen molar-refractivity contribution < 1.29 is 0 Å². The molecule has 1 aromatic rings. The molecule has 3 nitrogen and oxygen atoms in total. The molecule has 2 N–H and O–H groups in total. The molecule has 1 aliphatic carbocycles. The summed E-state index contributed by atoms with van der Waals surface area (Å²) < 4.78 is 0. The van der Waals surface area contributed by atoms with E-state index in [1.165, 1.54) is 12.8 Å². The van der Waals surface area contributed by atoms with Crippen LogP contribution in [0.1, 0.15) is 18.5 Å². The van der Waals surface area contributed by atoms with Gasteiger partial charge in [0.1, 0.15) is 0 Å². The second-order valence-corrected chi connectivity index (χ2v) is 4.33. The van der Waals surface area contributed by atoms with E-state index in [0.29, 0.717) is 5.54 Å². The number of hydrogen-bond donors (Lipinski definition) is 1. The van der Waals surface area contributed by atoms with Crippen molar-refractivity contribution in [3.8, 4) is 0 Å². The number of halogens is 2. The van der Waals surface area contributed by atoms with E-state index in [-0.39, 0.29) is 24.8 Å². The van der Waals surface area contributed by atoms with Gasteiger partial charge in [0.25, 0.3) is 0 Å². The van der Waals surface area contributed by atoms with E-state index >= 15 is 0 Å². The molecule has 0 atom stereocenters. The van der Waals surface area contributed by atoms with Crippen LogP contribution in [0.4, 0.5) is 5.69 Å². The van der Waals surface area contributed by atoms with Gasteiger partial charge in [-0.3, -0.25) is 4.98 Å². The predicted octanol–water partition coefficient (Wildman–Crippen LogP) is 2.14. The van der Waals surface area contributed by atoms with Crippen molar-refractivity contribution >= 4 is 30.5 Å². The van der Waals surface area contributed by atoms with E-state index in [1.54, 1.807) is 0 Å². The van der Waals surface area contributed by atoms with E-state index in [4.69, 9.17) is 5.73 Å². The highest BCUT2D eigenvalue weighted by Crippen LogP contribution is 2.43. The Morgan fingerprint density at radius 2 is 2.00 bits per heavy atom. The molecule has 0 radical (unpaired) electrons. The van der Waals surface area contributed by atoms with Crippen molar-refractivity contribution in [3.63, 3.8) is 0 Å². The Morgan fingerprint density at radius 3 is 2.44 bits per heavy atom. The van der Waals surface area contributed by atoms with Crippen LogP contribution in [0.5, 0.6) is 0 Å². The van der Waals surface area contributed by atoms with E-state index < -0.39 is 0 Å². The molecule has 0 amide bonds. The van der Waals surface area contributed by atoms with Crippen LogP contribution >= 0.6 is 24.8 Å². The van der Waals surface area contributed by atoms with Crippen LogP contribution in [0, 0.1) is 0 Å². The standard InChI is InChI=1S/C11H17N3.2ClH/c1-14(2)11(5-6-11)8-10-9(12)4-3-7-13-10;;/h3-4,7H,5-6,8,12H2,1-2H3;2*1H. The molecule has 16 heavy (non-hydrogen) atoms. The predicted molar refractivity (Wildman–Crippen MR) is 72.5 cm³/mol. The molecular weight excluding hydrogens is 245 g/mol.